The summed E-state index contributed by atoms with van der Waals surface area (Å²) in [6.45, 7) is 5.42. The van der Waals surface area contributed by atoms with Gasteiger partial charge in [-0.3, -0.25) is 0 Å². The van der Waals surface area contributed by atoms with Crippen molar-refractivity contribution >= 4 is 5.69 Å². The highest BCUT2D eigenvalue weighted by Crippen LogP contribution is 2.21. The summed E-state index contributed by atoms with van der Waals surface area (Å²) in [6, 6.07) is 6.61. The zero-order chi connectivity index (χ0) is 11.4. The van der Waals surface area contributed by atoms with Crippen molar-refractivity contribution in [2.75, 3.05) is 11.9 Å². The molecule has 86 valence electrons. The first-order chi connectivity index (χ1) is 7.75. The fourth-order valence-corrected chi connectivity index (χ4v) is 2.22. The molecule has 1 atom stereocenters. The van der Waals surface area contributed by atoms with E-state index in [-0.39, 0.29) is 0 Å². The molecule has 0 bridgehead atoms. The van der Waals surface area contributed by atoms with Gasteiger partial charge in [0.25, 0.3) is 0 Å². The lowest BCUT2D eigenvalue weighted by Crippen LogP contribution is -2.15. The summed E-state index contributed by atoms with van der Waals surface area (Å²) in [5.74, 6) is 0.810. The van der Waals surface area contributed by atoms with Gasteiger partial charge in [0, 0.05) is 12.2 Å². The van der Waals surface area contributed by atoms with E-state index in [0.29, 0.717) is 0 Å². The molecule has 1 unspecified atom stereocenters. The summed E-state index contributed by atoms with van der Waals surface area (Å²) in [5.41, 5.74) is 3.98. The van der Waals surface area contributed by atoms with Gasteiger partial charge in [-0.2, -0.15) is 0 Å². The monoisotopic (exact) mass is 215 g/mol. The second-order valence-corrected chi connectivity index (χ2v) is 4.85. The van der Waals surface area contributed by atoms with E-state index >= 15 is 0 Å². The Labute approximate surface area is 98.6 Å². The van der Waals surface area contributed by atoms with Crippen molar-refractivity contribution in [2.45, 2.75) is 33.1 Å². The second kappa shape index (κ2) is 5.20. The molecule has 0 fully saturated rings. The maximum atomic E-state index is 3.59. The predicted octanol–water partition coefficient (Wildman–Crippen LogP) is 4.07. The SMILES string of the molecule is Cc1ccc(C)c(NCC2CC=CCC2)c1. The van der Waals surface area contributed by atoms with Crippen LogP contribution in [0.2, 0.25) is 0 Å². The minimum absolute atomic E-state index is 0.810. The maximum absolute atomic E-state index is 3.59. The van der Waals surface area contributed by atoms with Crippen molar-refractivity contribution in [3.63, 3.8) is 0 Å². The number of hydrogen-bond donors (Lipinski definition) is 1. The summed E-state index contributed by atoms with van der Waals surface area (Å²) in [6.07, 6.45) is 8.43. The van der Waals surface area contributed by atoms with E-state index in [2.05, 4.69) is 49.5 Å². The van der Waals surface area contributed by atoms with Crippen LogP contribution in [0.25, 0.3) is 0 Å². The summed E-state index contributed by atoms with van der Waals surface area (Å²) >= 11 is 0. The van der Waals surface area contributed by atoms with Crippen molar-refractivity contribution < 1.29 is 0 Å². The normalized spacial score (nSPS) is 19.8. The summed E-state index contributed by atoms with van der Waals surface area (Å²) in [4.78, 5) is 0. The lowest BCUT2D eigenvalue weighted by molar-refractivity contribution is 0.504. The van der Waals surface area contributed by atoms with E-state index in [9.17, 15) is 0 Å². The van der Waals surface area contributed by atoms with E-state index in [0.717, 1.165) is 12.5 Å². The van der Waals surface area contributed by atoms with Gasteiger partial charge in [0.1, 0.15) is 0 Å². The van der Waals surface area contributed by atoms with Crippen LogP contribution in [0.3, 0.4) is 0 Å². The first kappa shape index (κ1) is 11.3. The first-order valence-electron chi connectivity index (χ1n) is 6.22. The molecule has 16 heavy (non-hydrogen) atoms. The molecule has 0 heterocycles. The highest BCUT2D eigenvalue weighted by atomic mass is 14.9. The molecule has 0 amide bonds. The Kier molecular flexibility index (Phi) is 3.66. The summed E-state index contributed by atoms with van der Waals surface area (Å²) < 4.78 is 0. The van der Waals surface area contributed by atoms with Gasteiger partial charge >= 0.3 is 0 Å². The minimum Gasteiger partial charge on any atom is -0.385 e. The van der Waals surface area contributed by atoms with Crippen LogP contribution in [0.4, 0.5) is 5.69 Å². The molecular formula is C15H21N. The van der Waals surface area contributed by atoms with Crippen molar-refractivity contribution in [3.8, 4) is 0 Å². The van der Waals surface area contributed by atoms with E-state index in [4.69, 9.17) is 0 Å². The Morgan fingerprint density at radius 2 is 2.12 bits per heavy atom. The lowest BCUT2D eigenvalue weighted by atomic mass is 9.94. The van der Waals surface area contributed by atoms with Gasteiger partial charge < -0.3 is 5.32 Å². The topological polar surface area (TPSA) is 12.0 Å². The quantitative estimate of drug-likeness (QED) is 0.749. The smallest absolute Gasteiger partial charge is 0.0372 e. The van der Waals surface area contributed by atoms with Crippen LogP contribution in [-0.4, -0.2) is 6.54 Å². The van der Waals surface area contributed by atoms with Gasteiger partial charge in [-0.1, -0.05) is 24.3 Å². The molecule has 1 aromatic carbocycles. The molecule has 2 rings (SSSR count). The fourth-order valence-electron chi connectivity index (χ4n) is 2.22. The average molecular weight is 215 g/mol. The molecule has 1 aromatic rings. The fraction of sp³-hybridized carbons (Fsp3) is 0.467. The Morgan fingerprint density at radius 1 is 1.25 bits per heavy atom. The van der Waals surface area contributed by atoms with Crippen LogP contribution in [0.15, 0.2) is 30.4 Å². The second-order valence-electron chi connectivity index (χ2n) is 4.85. The van der Waals surface area contributed by atoms with Crippen molar-refractivity contribution in [3.05, 3.63) is 41.5 Å². The first-order valence-corrected chi connectivity index (χ1v) is 6.22. The molecule has 0 aromatic heterocycles. The van der Waals surface area contributed by atoms with Gasteiger partial charge in [0.05, 0.1) is 0 Å². The number of nitrogens with one attached hydrogen (secondary N) is 1. The van der Waals surface area contributed by atoms with E-state index < -0.39 is 0 Å². The third-order valence-electron chi connectivity index (χ3n) is 3.35. The predicted molar refractivity (Wildman–Crippen MR) is 70.9 cm³/mol. The number of anilines is 1. The van der Waals surface area contributed by atoms with Crippen molar-refractivity contribution in [1.29, 1.82) is 0 Å². The van der Waals surface area contributed by atoms with Gasteiger partial charge in [-0.25, -0.2) is 0 Å². The highest BCUT2D eigenvalue weighted by Gasteiger charge is 2.09. The molecule has 1 aliphatic carbocycles. The molecule has 0 saturated carbocycles. The van der Waals surface area contributed by atoms with Crippen molar-refractivity contribution in [2.24, 2.45) is 5.92 Å². The van der Waals surface area contributed by atoms with E-state index in [1.165, 1.54) is 36.1 Å². The van der Waals surface area contributed by atoms with Crippen LogP contribution in [0.5, 0.6) is 0 Å². The molecule has 1 N–H and O–H groups in total. The van der Waals surface area contributed by atoms with Gasteiger partial charge in [-0.05, 0) is 56.2 Å². The third-order valence-corrected chi connectivity index (χ3v) is 3.35. The summed E-state index contributed by atoms with van der Waals surface area (Å²) in [5, 5.41) is 3.59. The molecule has 1 aliphatic rings. The Hall–Kier alpha value is -1.24. The molecule has 0 saturated heterocycles. The molecule has 1 heteroatoms. The standard InChI is InChI=1S/C15H21N/c1-12-8-9-13(2)15(10-12)16-11-14-6-4-3-5-7-14/h3-4,8-10,14,16H,5-7,11H2,1-2H3. The van der Waals surface area contributed by atoms with Gasteiger partial charge in [-0.15, -0.1) is 0 Å². The average Bonchev–Trinajstić information content (AvgIpc) is 2.32. The van der Waals surface area contributed by atoms with Crippen LogP contribution in [0.1, 0.15) is 30.4 Å². The van der Waals surface area contributed by atoms with Crippen LogP contribution >= 0.6 is 0 Å². The lowest BCUT2D eigenvalue weighted by Gasteiger charge is -2.19. The van der Waals surface area contributed by atoms with Crippen LogP contribution < -0.4 is 5.32 Å². The van der Waals surface area contributed by atoms with E-state index in [1.54, 1.807) is 0 Å². The highest BCUT2D eigenvalue weighted by molar-refractivity contribution is 5.52. The van der Waals surface area contributed by atoms with Gasteiger partial charge in [0.2, 0.25) is 0 Å². The zero-order valence-electron chi connectivity index (χ0n) is 10.3. The minimum atomic E-state index is 0.810. The Bertz CT molecular complexity index is 379. The summed E-state index contributed by atoms with van der Waals surface area (Å²) in [7, 11) is 0. The maximum Gasteiger partial charge on any atom is 0.0372 e. The van der Waals surface area contributed by atoms with Crippen LogP contribution in [-0.2, 0) is 0 Å². The van der Waals surface area contributed by atoms with Crippen LogP contribution in [0, 0.1) is 19.8 Å². The molecule has 0 radical (unpaired) electrons. The molecule has 0 spiro atoms. The largest absolute Gasteiger partial charge is 0.385 e. The third kappa shape index (κ3) is 2.88. The number of hydrogen-bond acceptors (Lipinski definition) is 1. The van der Waals surface area contributed by atoms with Gasteiger partial charge in [0.15, 0.2) is 0 Å². The number of benzene rings is 1. The molecule has 0 aliphatic heterocycles. The molecule has 1 nitrogen and oxygen atoms in total. The van der Waals surface area contributed by atoms with Crippen molar-refractivity contribution in [1.82, 2.24) is 0 Å². The van der Waals surface area contributed by atoms with E-state index in [1.807, 2.05) is 0 Å². The Balaban J connectivity index is 1.93. The number of allylic oxidation sites excluding steroid dienone is 2. The zero-order valence-corrected chi connectivity index (χ0v) is 10.3. The molecular weight excluding hydrogens is 194 g/mol. The number of aryl methyl sites for hydroxylation is 2. The Morgan fingerprint density at radius 3 is 2.88 bits per heavy atom. The number of rotatable bonds is 3.